The number of carbonyl (C=O) groups excluding carboxylic acids is 1. The van der Waals surface area contributed by atoms with Gasteiger partial charge in [-0.2, -0.15) is 0 Å². The van der Waals surface area contributed by atoms with Crippen molar-refractivity contribution < 1.29 is 13.7 Å². The van der Waals surface area contributed by atoms with Crippen LogP contribution in [0.3, 0.4) is 0 Å². The second kappa shape index (κ2) is 5.18. The summed E-state index contributed by atoms with van der Waals surface area (Å²) >= 11 is 5.78. The number of benzene rings is 1. The van der Waals surface area contributed by atoms with Crippen molar-refractivity contribution in [2.75, 3.05) is 0 Å². The molecule has 0 unspecified atom stereocenters. The number of carbonyl (C=O) groups is 1. The number of rotatable bonds is 3. The van der Waals surface area contributed by atoms with Crippen molar-refractivity contribution in [3.63, 3.8) is 0 Å². The monoisotopic (exact) mass is 268 g/mol. The van der Waals surface area contributed by atoms with Gasteiger partial charge < -0.3 is 9.84 Å². The molecule has 6 heteroatoms. The van der Waals surface area contributed by atoms with Gasteiger partial charge in [-0.05, 0) is 19.1 Å². The molecule has 0 atom stereocenters. The first-order valence-corrected chi connectivity index (χ1v) is 5.59. The number of amides is 1. The highest BCUT2D eigenvalue weighted by Gasteiger charge is 2.15. The molecule has 1 N–H and O–H groups in total. The van der Waals surface area contributed by atoms with E-state index in [1.54, 1.807) is 6.92 Å². The van der Waals surface area contributed by atoms with Crippen LogP contribution in [-0.4, -0.2) is 11.1 Å². The molecule has 0 saturated heterocycles. The van der Waals surface area contributed by atoms with Crippen molar-refractivity contribution in [1.82, 2.24) is 10.5 Å². The summed E-state index contributed by atoms with van der Waals surface area (Å²) in [6.45, 7) is 1.93. The van der Waals surface area contributed by atoms with E-state index in [4.69, 9.17) is 16.1 Å². The van der Waals surface area contributed by atoms with Gasteiger partial charge in [-0.25, -0.2) is 4.39 Å². The molecule has 0 aliphatic rings. The summed E-state index contributed by atoms with van der Waals surface area (Å²) < 4.78 is 18.3. The molecule has 0 spiro atoms. The predicted molar refractivity (Wildman–Crippen MR) is 63.8 cm³/mol. The van der Waals surface area contributed by atoms with Crippen LogP contribution in [0.15, 0.2) is 28.9 Å². The Balaban J connectivity index is 2.11. The number of hydrogen-bond donors (Lipinski definition) is 1. The highest BCUT2D eigenvalue weighted by Crippen LogP contribution is 2.18. The summed E-state index contributed by atoms with van der Waals surface area (Å²) in [5, 5.41) is 6.22. The third-order valence-corrected chi connectivity index (χ3v) is 2.79. The third-order valence-electron chi connectivity index (χ3n) is 2.48. The van der Waals surface area contributed by atoms with Gasteiger partial charge in [0, 0.05) is 12.1 Å². The highest BCUT2D eigenvalue weighted by molar-refractivity contribution is 6.33. The molecule has 2 rings (SSSR count). The summed E-state index contributed by atoms with van der Waals surface area (Å²) in [4.78, 5) is 11.8. The molecule has 1 aromatic carbocycles. The normalized spacial score (nSPS) is 10.4. The molecule has 0 fully saturated rings. The average molecular weight is 269 g/mol. The molecule has 0 aliphatic carbocycles. The average Bonchev–Trinajstić information content (AvgIpc) is 2.72. The van der Waals surface area contributed by atoms with Crippen LogP contribution in [0, 0.1) is 12.7 Å². The van der Waals surface area contributed by atoms with Crippen molar-refractivity contribution in [2.24, 2.45) is 0 Å². The minimum absolute atomic E-state index is 0.0783. The van der Waals surface area contributed by atoms with Crippen molar-refractivity contribution >= 4 is 17.5 Å². The fraction of sp³-hybridized carbons (Fsp3) is 0.167. The fourth-order valence-electron chi connectivity index (χ4n) is 1.47. The lowest BCUT2D eigenvalue weighted by Crippen LogP contribution is -2.24. The minimum Gasteiger partial charge on any atom is -0.361 e. The van der Waals surface area contributed by atoms with Crippen LogP contribution in [0.5, 0.6) is 0 Å². The Bertz CT molecular complexity index is 563. The topological polar surface area (TPSA) is 55.1 Å². The first-order valence-electron chi connectivity index (χ1n) is 5.22. The van der Waals surface area contributed by atoms with E-state index in [9.17, 15) is 9.18 Å². The maximum absolute atomic E-state index is 13.5. The van der Waals surface area contributed by atoms with E-state index in [1.165, 1.54) is 24.4 Å². The van der Waals surface area contributed by atoms with Crippen LogP contribution < -0.4 is 5.32 Å². The SMILES string of the molecule is Cc1oncc1CNC(=O)c1c(F)cccc1Cl. The molecule has 1 aromatic heterocycles. The molecule has 18 heavy (non-hydrogen) atoms. The standard InChI is InChI=1S/C12H10ClFN2O2/c1-7-8(6-16-18-7)5-15-12(17)11-9(13)3-2-4-10(11)14/h2-4,6H,5H2,1H3,(H,15,17). The van der Waals surface area contributed by atoms with E-state index in [1.807, 2.05) is 0 Å². The number of nitrogens with zero attached hydrogens (tertiary/aromatic N) is 1. The third kappa shape index (κ3) is 2.51. The summed E-state index contributed by atoms with van der Waals surface area (Å²) in [6, 6.07) is 4.09. The number of hydrogen-bond acceptors (Lipinski definition) is 3. The second-order valence-corrected chi connectivity index (χ2v) is 4.09. The first-order chi connectivity index (χ1) is 8.59. The zero-order chi connectivity index (χ0) is 13.1. The van der Waals surface area contributed by atoms with Gasteiger partial charge in [-0.15, -0.1) is 0 Å². The van der Waals surface area contributed by atoms with Crippen LogP contribution in [0.1, 0.15) is 21.7 Å². The van der Waals surface area contributed by atoms with Gasteiger partial charge in [0.1, 0.15) is 11.6 Å². The molecular formula is C12H10ClFN2O2. The molecule has 2 aromatic rings. The molecule has 1 heterocycles. The number of aromatic nitrogens is 1. The van der Waals surface area contributed by atoms with Gasteiger partial charge in [0.15, 0.2) is 0 Å². The van der Waals surface area contributed by atoms with E-state index in [2.05, 4.69) is 10.5 Å². The number of aryl methyl sites for hydroxylation is 1. The molecule has 4 nitrogen and oxygen atoms in total. The smallest absolute Gasteiger partial charge is 0.256 e. The Labute approximate surface area is 108 Å². The lowest BCUT2D eigenvalue weighted by molar-refractivity contribution is 0.0947. The Morgan fingerprint density at radius 1 is 1.56 bits per heavy atom. The van der Waals surface area contributed by atoms with Crippen LogP contribution in [0.25, 0.3) is 0 Å². The van der Waals surface area contributed by atoms with Crippen LogP contribution in [0.2, 0.25) is 5.02 Å². The second-order valence-electron chi connectivity index (χ2n) is 3.69. The molecule has 0 radical (unpaired) electrons. The van der Waals surface area contributed by atoms with E-state index in [-0.39, 0.29) is 17.1 Å². The van der Waals surface area contributed by atoms with Gasteiger partial charge in [0.25, 0.3) is 5.91 Å². The van der Waals surface area contributed by atoms with Gasteiger partial charge in [0.05, 0.1) is 16.8 Å². The number of halogens is 2. The van der Waals surface area contributed by atoms with Gasteiger partial charge in [-0.3, -0.25) is 4.79 Å². The minimum atomic E-state index is -0.651. The molecule has 0 saturated carbocycles. The molecule has 0 bridgehead atoms. The van der Waals surface area contributed by atoms with Gasteiger partial charge >= 0.3 is 0 Å². The van der Waals surface area contributed by atoms with Gasteiger partial charge in [0.2, 0.25) is 0 Å². The summed E-state index contributed by atoms with van der Waals surface area (Å²) in [5.41, 5.74) is 0.573. The first kappa shape index (κ1) is 12.6. The van der Waals surface area contributed by atoms with Crippen molar-refractivity contribution in [3.05, 3.63) is 52.1 Å². The summed E-state index contributed by atoms with van der Waals surface area (Å²) in [6.07, 6.45) is 1.50. The van der Waals surface area contributed by atoms with Crippen LogP contribution >= 0.6 is 11.6 Å². The predicted octanol–water partition coefficient (Wildman–Crippen LogP) is 2.71. The van der Waals surface area contributed by atoms with Crippen LogP contribution in [-0.2, 0) is 6.54 Å². The zero-order valence-corrected chi connectivity index (χ0v) is 10.3. The Kier molecular flexibility index (Phi) is 3.62. The van der Waals surface area contributed by atoms with Gasteiger partial charge in [-0.1, -0.05) is 22.8 Å². The Morgan fingerprint density at radius 2 is 2.33 bits per heavy atom. The lowest BCUT2D eigenvalue weighted by atomic mass is 10.2. The largest absolute Gasteiger partial charge is 0.361 e. The van der Waals surface area contributed by atoms with E-state index in [0.29, 0.717) is 5.76 Å². The highest BCUT2D eigenvalue weighted by atomic mass is 35.5. The van der Waals surface area contributed by atoms with Crippen molar-refractivity contribution in [1.29, 1.82) is 0 Å². The van der Waals surface area contributed by atoms with E-state index < -0.39 is 11.7 Å². The van der Waals surface area contributed by atoms with E-state index in [0.717, 1.165) is 5.56 Å². The maximum Gasteiger partial charge on any atom is 0.256 e. The Morgan fingerprint density at radius 3 is 2.94 bits per heavy atom. The summed E-state index contributed by atoms with van der Waals surface area (Å²) in [7, 11) is 0. The van der Waals surface area contributed by atoms with Crippen LogP contribution in [0.4, 0.5) is 4.39 Å². The Hall–Kier alpha value is -1.88. The summed E-state index contributed by atoms with van der Waals surface area (Å²) in [5.74, 6) is -0.615. The fourth-order valence-corrected chi connectivity index (χ4v) is 1.72. The number of nitrogens with one attached hydrogen (secondary N) is 1. The lowest BCUT2D eigenvalue weighted by Gasteiger charge is -2.06. The van der Waals surface area contributed by atoms with Crippen molar-refractivity contribution in [2.45, 2.75) is 13.5 Å². The quantitative estimate of drug-likeness (QED) is 0.931. The molecular weight excluding hydrogens is 259 g/mol. The van der Waals surface area contributed by atoms with Crippen molar-refractivity contribution in [3.8, 4) is 0 Å². The zero-order valence-electron chi connectivity index (χ0n) is 9.54. The maximum atomic E-state index is 13.5. The molecule has 1 amide bonds. The molecule has 94 valence electrons. The van der Waals surface area contributed by atoms with E-state index >= 15 is 0 Å². The molecule has 0 aliphatic heterocycles.